The van der Waals surface area contributed by atoms with Crippen LogP contribution in [-0.2, 0) is 0 Å². The lowest BCUT2D eigenvalue weighted by Gasteiger charge is -2.29. The van der Waals surface area contributed by atoms with Gasteiger partial charge in [0.1, 0.15) is 0 Å². The quantitative estimate of drug-likeness (QED) is 0.152. The number of benzene rings is 10. The van der Waals surface area contributed by atoms with Crippen LogP contribution in [0.3, 0.4) is 0 Å². The van der Waals surface area contributed by atoms with Gasteiger partial charge in [0, 0.05) is 53.4 Å². The Labute approximate surface area is 348 Å². The first kappa shape index (κ1) is 34.8. The average Bonchev–Trinajstić information content (AvgIpc) is 3.70. The van der Waals surface area contributed by atoms with E-state index in [9.17, 15) is 0 Å². The summed E-state index contributed by atoms with van der Waals surface area (Å²) in [5.74, 6) is 0. The monoisotopic (exact) mass is 770 g/mol. The fraction of sp³-hybridized carbons (Fsp3) is 0. The molecule has 278 valence electrons. The molecule has 0 unspecified atom stereocenters. The first-order chi connectivity index (χ1) is 29.3. The molecule has 0 radical (unpaired) electrons. The Morgan fingerprint density at radius 2 is 0.593 bits per heavy atom. The van der Waals surface area contributed by atoms with E-state index >= 15 is 0 Å². The van der Waals surface area contributed by atoms with Crippen LogP contribution in [-0.4, -0.2) is 0 Å². The zero-order chi connectivity index (χ0) is 39.1. The first-order valence-electron chi connectivity index (χ1n) is 20.1. The van der Waals surface area contributed by atoms with Crippen molar-refractivity contribution in [2.24, 2.45) is 0 Å². The topological polar surface area (TPSA) is 6.48 Å². The normalized spacial score (nSPS) is 11.4. The number of nitrogens with zero attached hydrogens (tertiary/aromatic N) is 2. The summed E-state index contributed by atoms with van der Waals surface area (Å²) in [6.45, 7) is 0. The van der Waals surface area contributed by atoms with E-state index in [1.807, 2.05) is 11.3 Å². The Hall–Kier alpha value is -7.46. The molecule has 11 rings (SSSR count). The van der Waals surface area contributed by atoms with Gasteiger partial charge in [0.15, 0.2) is 0 Å². The molecule has 0 aliphatic carbocycles. The van der Waals surface area contributed by atoms with E-state index in [-0.39, 0.29) is 0 Å². The molecule has 0 aliphatic rings. The fourth-order valence-electron chi connectivity index (χ4n) is 8.86. The number of hydrogen-bond donors (Lipinski definition) is 0. The maximum atomic E-state index is 2.45. The highest BCUT2D eigenvalue weighted by molar-refractivity contribution is 7.26. The second-order valence-corrected chi connectivity index (χ2v) is 15.9. The summed E-state index contributed by atoms with van der Waals surface area (Å²) in [4.78, 5) is 4.91. The predicted octanol–water partition coefficient (Wildman–Crippen LogP) is 16.6. The van der Waals surface area contributed by atoms with Crippen molar-refractivity contribution in [2.45, 2.75) is 0 Å². The number of para-hydroxylation sites is 4. The van der Waals surface area contributed by atoms with Gasteiger partial charge in [0.2, 0.25) is 0 Å². The number of anilines is 6. The lowest BCUT2D eigenvalue weighted by molar-refractivity contribution is 1.30. The van der Waals surface area contributed by atoms with Gasteiger partial charge < -0.3 is 9.80 Å². The smallest absolute Gasteiger partial charge is 0.0554 e. The molecule has 1 aromatic heterocycles. The third kappa shape index (κ3) is 6.03. The van der Waals surface area contributed by atoms with E-state index < -0.39 is 0 Å². The average molecular weight is 771 g/mol. The molecule has 3 heteroatoms. The third-order valence-corrected chi connectivity index (χ3v) is 12.5. The van der Waals surface area contributed by atoms with Crippen LogP contribution in [0.2, 0.25) is 0 Å². The van der Waals surface area contributed by atoms with Gasteiger partial charge >= 0.3 is 0 Å². The van der Waals surface area contributed by atoms with E-state index in [1.165, 1.54) is 64.0 Å². The molecule has 2 nitrogen and oxygen atoms in total. The minimum absolute atomic E-state index is 1.12. The van der Waals surface area contributed by atoms with Crippen LogP contribution in [0, 0.1) is 0 Å². The minimum atomic E-state index is 1.12. The third-order valence-electron chi connectivity index (χ3n) is 11.4. The van der Waals surface area contributed by atoms with Gasteiger partial charge in [-0.15, -0.1) is 11.3 Å². The summed E-state index contributed by atoms with van der Waals surface area (Å²) < 4.78 is 2.51. The van der Waals surface area contributed by atoms with Gasteiger partial charge in [0.05, 0.1) is 22.7 Å². The molecular formula is C56H38N2S. The van der Waals surface area contributed by atoms with Crippen LogP contribution in [0.25, 0.3) is 64.0 Å². The maximum Gasteiger partial charge on any atom is 0.0554 e. The number of hydrogen-bond acceptors (Lipinski definition) is 3. The number of fused-ring (bicyclic) bond motifs is 7. The van der Waals surface area contributed by atoms with Crippen molar-refractivity contribution in [1.29, 1.82) is 0 Å². The molecule has 0 saturated carbocycles. The lowest BCUT2D eigenvalue weighted by atomic mass is 9.95. The van der Waals surface area contributed by atoms with Gasteiger partial charge in [-0.1, -0.05) is 182 Å². The van der Waals surface area contributed by atoms with E-state index in [4.69, 9.17) is 0 Å². The second kappa shape index (κ2) is 14.8. The molecule has 0 aliphatic heterocycles. The largest absolute Gasteiger partial charge is 0.309 e. The van der Waals surface area contributed by atoms with Gasteiger partial charge in [-0.2, -0.15) is 0 Å². The number of thiophene rings is 1. The van der Waals surface area contributed by atoms with Crippen molar-refractivity contribution in [2.75, 3.05) is 9.80 Å². The fourth-order valence-corrected chi connectivity index (χ4v) is 10.1. The minimum Gasteiger partial charge on any atom is -0.309 e. The first-order valence-corrected chi connectivity index (χ1v) is 20.9. The molecule has 0 amide bonds. The Bertz CT molecular complexity index is 3050. The van der Waals surface area contributed by atoms with Crippen molar-refractivity contribution < 1.29 is 0 Å². The SMILES string of the molecule is c1ccc(-c2ccccc2N(c2ccccc2)c2cc3sc4cc(N(c5ccccc5)c5ccccc5-c5ccccc5)c5ccccc5c4c3c3ccccc23)cc1. The van der Waals surface area contributed by atoms with E-state index in [2.05, 4.69) is 240 Å². The molecule has 0 saturated heterocycles. The summed E-state index contributed by atoms with van der Waals surface area (Å²) in [6, 6.07) is 83.5. The van der Waals surface area contributed by atoms with Gasteiger partial charge in [-0.05, 0) is 70.4 Å². The highest BCUT2D eigenvalue weighted by Gasteiger charge is 2.25. The van der Waals surface area contributed by atoms with Gasteiger partial charge in [0.25, 0.3) is 0 Å². The van der Waals surface area contributed by atoms with Crippen molar-refractivity contribution in [3.05, 3.63) is 231 Å². The standard InChI is InChI=1S/C56H38N2S/c1-5-21-39(22-6-1)43-29-17-19-35-49(43)57(41-25-9-3-10-26-41)51-37-53-55(47-33-15-13-31-45(47)51)56-48-34-16-14-32-46(48)52(38-54(56)59-53)58(42-27-11-4-12-28-42)50-36-20-18-30-44(50)40-23-7-2-8-24-40/h1-38H. The van der Waals surface area contributed by atoms with Crippen LogP contribution in [0.1, 0.15) is 0 Å². The molecular weight excluding hydrogens is 733 g/mol. The Balaban J connectivity index is 1.20. The summed E-state index contributed by atoms with van der Waals surface area (Å²) in [6.07, 6.45) is 0. The maximum absolute atomic E-state index is 2.45. The van der Waals surface area contributed by atoms with Crippen molar-refractivity contribution in [1.82, 2.24) is 0 Å². The van der Waals surface area contributed by atoms with E-state index in [0.717, 1.165) is 34.1 Å². The summed E-state index contributed by atoms with van der Waals surface area (Å²) in [7, 11) is 0. The molecule has 10 aromatic carbocycles. The van der Waals surface area contributed by atoms with Crippen LogP contribution < -0.4 is 9.80 Å². The summed E-state index contributed by atoms with van der Waals surface area (Å²) in [5.41, 5.74) is 11.6. The zero-order valence-electron chi connectivity index (χ0n) is 32.2. The lowest BCUT2D eigenvalue weighted by Crippen LogP contribution is -2.11. The Kier molecular flexibility index (Phi) is 8.72. The van der Waals surface area contributed by atoms with Crippen molar-refractivity contribution >= 4 is 87.2 Å². The zero-order valence-corrected chi connectivity index (χ0v) is 33.1. The second-order valence-electron chi connectivity index (χ2n) is 14.8. The summed E-state index contributed by atoms with van der Waals surface area (Å²) >= 11 is 1.88. The van der Waals surface area contributed by atoms with E-state index in [0.29, 0.717) is 0 Å². The molecule has 0 fully saturated rings. The summed E-state index contributed by atoms with van der Waals surface area (Å²) in [5, 5.41) is 7.51. The Morgan fingerprint density at radius 1 is 0.271 bits per heavy atom. The van der Waals surface area contributed by atoms with Crippen LogP contribution in [0.15, 0.2) is 231 Å². The molecule has 0 atom stereocenters. The predicted molar refractivity (Wildman–Crippen MR) is 255 cm³/mol. The number of rotatable bonds is 8. The van der Waals surface area contributed by atoms with Gasteiger partial charge in [-0.25, -0.2) is 0 Å². The van der Waals surface area contributed by atoms with Crippen LogP contribution >= 0.6 is 11.3 Å². The molecule has 0 bridgehead atoms. The molecule has 1 heterocycles. The molecule has 0 spiro atoms. The highest BCUT2D eigenvalue weighted by Crippen LogP contribution is 2.52. The van der Waals surface area contributed by atoms with E-state index in [1.54, 1.807) is 0 Å². The molecule has 0 N–H and O–H groups in total. The van der Waals surface area contributed by atoms with Crippen molar-refractivity contribution in [3.8, 4) is 22.3 Å². The molecule has 59 heavy (non-hydrogen) atoms. The van der Waals surface area contributed by atoms with Gasteiger partial charge in [-0.3, -0.25) is 0 Å². The molecule has 11 aromatic rings. The Morgan fingerprint density at radius 3 is 1.00 bits per heavy atom. The van der Waals surface area contributed by atoms with Crippen molar-refractivity contribution in [3.63, 3.8) is 0 Å². The van der Waals surface area contributed by atoms with Crippen LogP contribution in [0.5, 0.6) is 0 Å². The van der Waals surface area contributed by atoms with Crippen LogP contribution in [0.4, 0.5) is 34.1 Å². The highest BCUT2D eigenvalue weighted by atomic mass is 32.1.